The predicted octanol–water partition coefficient (Wildman–Crippen LogP) is 3.96. The van der Waals surface area contributed by atoms with Gasteiger partial charge in [-0.25, -0.2) is 4.98 Å². The Morgan fingerprint density at radius 2 is 1.90 bits per heavy atom. The fraction of sp³-hybridized carbons (Fsp3) is 0.143. The Hall–Kier alpha value is -3.45. The van der Waals surface area contributed by atoms with E-state index in [9.17, 15) is 9.59 Å². The van der Waals surface area contributed by atoms with Crippen molar-refractivity contribution in [3.05, 3.63) is 75.3 Å². The zero-order chi connectivity index (χ0) is 20.5. The van der Waals surface area contributed by atoms with E-state index in [4.69, 9.17) is 16.1 Å². The lowest BCUT2D eigenvalue weighted by atomic mass is 10.1. The highest BCUT2D eigenvalue weighted by Gasteiger charge is 2.18. The number of nitrogens with zero attached hydrogens (tertiary/aromatic N) is 3. The highest BCUT2D eigenvalue weighted by molar-refractivity contribution is 6.30. The molecule has 1 N–H and O–H groups in total. The molecular formula is C21H17ClN4O3. The molecule has 146 valence electrons. The van der Waals surface area contributed by atoms with Crippen LogP contribution in [0.4, 0.5) is 5.69 Å². The molecule has 29 heavy (non-hydrogen) atoms. The minimum Gasteiger partial charge on any atom is -0.335 e. The molecule has 0 saturated heterocycles. The van der Waals surface area contributed by atoms with Gasteiger partial charge in [-0.15, -0.1) is 0 Å². The standard InChI is InChI=1S/C21H17ClN4O3/c1-12-3-8-16(9-13(12)2)24-17(27)10-26-11-23-20-18(21(26)28)19(25-29-20)14-4-6-15(22)7-5-14/h3-9,11H,10H2,1-2H3,(H,24,27). The molecule has 1 amide bonds. The fourth-order valence-corrected chi connectivity index (χ4v) is 3.10. The number of hydrogen-bond acceptors (Lipinski definition) is 5. The monoisotopic (exact) mass is 408 g/mol. The van der Waals surface area contributed by atoms with E-state index in [0.717, 1.165) is 11.1 Å². The van der Waals surface area contributed by atoms with Crippen LogP contribution in [0.5, 0.6) is 0 Å². The molecule has 7 nitrogen and oxygen atoms in total. The average Bonchev–Trinajstić information content (AvgIpc) is 3.12. The number of nitrogens with one attached hydrogen (secondary N) is 1. The molecule has 2 aromatic heterocycles. The molecule has 4 aromatic rings. The first-order valence-electron chi connectivity index (χ1n) is 8.90. The number of aromatic nitrogens is 3. The normalized spacial score (nSPS) is 11.0. The van der Waals surface area contributed by atoms with Crippen molar-refractivity contribution in [1.29, 1.82) is 0 Å². The lowest BCUT2D eigenvalue weighted by molar-refractivity contribution is -0.116. The van der Waals surface area contributed by atoms with Gasteiger partial charge in [0.1, 0.15) is 24.0 Å². The van der Waals surface area contributed by atoms with Gasteiger partial charge >= 0.3 is 0 Å². The summed E-state index contributed by atoms with van der Waals surface area (Å²) in [6.07, 6.45) is 1.28. The average molecular weight is 409 g/mol. The molecule has 0 unspecified atom stereocenters. The maximum absolute atomic E-state index is 13.0. The van der Waals surface area contributed by atoms with Gasteiger partial charge in [0.25, 0.3) is 11.3 Å². The molecule has 8 heteroatoms. The molecule has 0 atom stereocenters. The molecule has 0 bridgehead atoms. The number of carbonyl (C=O) groups excluding carboxylic acids is 1. The first-order chi connectivity index (χ1) is 13.9. The third kappa shape index (κ3) is 3.77. The van der Waals surface area contributed by atoms with E-state index in [1.807, 2.05) is 32.0 Å². The Kier molecular flexibility index (Phi) is 4.90. The van der Waals surface area contributed by atoms with Crippen LogP contribution < -0.4 is 10.9 Å². The molecule has 0 radical (unpaired) electrons. The molecule has 0 saturated carbocycles. The summed E-state index contributed by atoms with van der Waals surface area (Å²) in [4.78, 5) is 29.5. The van der Waals surface area contributed by atoms with Crippen molar-refractivity contribution in [2.45, 2.75) is 20.4 Å². The number of rotatable bonds is 4. The quantitative estimate of drug-likeness (QED) is 0.552. The van der Waals surface area contributed by atoms with Gasteiger partial charge in [-0.3, -0.25) is 14.2 Å². The molecule has 4 rings (SSSR count). The first kappa shape index (κ1) is 18.9. The topological polar surface area (TPSA) is 90.0 Å². The van der Waals surface area contributed by atoms with E-state index in [-0.39, 0.29) is 23.6 Å². The molecule has 0 aliphatic carbocycles. The second kappa shape index (κ2) is 7.52. The van der Waals surface area contributed by atoms with Crippen molar-refractivity contribution in [3.8, 4) is 11.3 Å². The highest BCUT2D eigenvalue weighted by atomic mass is 35.5. The number of carbonyl (C=O) groups is 1. The van der Waals surface area contributed by atoms with E-state index in [1.54, 1.807) is 24.3 Å². The lowest BCUT2D eigenvalue weighted by Gasteiger charge is -2.09. The third-order valence-electron chi connectivity index (χ3n) is 4.69. The number of hydrogen-bond donors (Lipinski definition) is 1. The number of halogens is 1. The molecule has 2 heterocycles. The summed E-state index contributed by atoms with van der Waals surface area (Å²) < 4.78 is 6.42. The summed E-state index contributed by atoms with van der Waals surface area (Å²) >= 11 is 5.92. The van der Waals surface area contributed by atoms with Crippen molar-refractivity contribution in [3.63, 3.8) is 0 Å². The van der Waals surface area contributed by atoms with Crippen LogP contribution in [-0.2, 0) is 11.3 Å². The Morgan fingerprint density at radius 1 is 1.14 bits per heavy atom. The second-order valence-corrected chi connectivity index (χ2v) is 7.18. The van der Waals surface area contributed by atoms with Crippen molar-refractivity contribution in [2.75, 3.05) is 5.32 Å². The Bertz CT molecular complexity index is 1280. The van der Waals surface area contributed by atoms with Gasteiger partial charge in [0.15, 0.2) is 0 Å². The zero-order valence-electron chi connectivity index (χ0n) is 15.8. The van der Waals surface area contributed by atoms with Gasteiger partial charge in [0.05, 0.1) is 0 Å². The van der Waals surface area contributed by atoms with Crippen molar-refractivity contribution >= 4 is 34.3 Å². The predicted molar refractivity (Wildman–Crippen MR) is 111 cm³/mol. The number of anilines is 1. The number of aryl methyl sites for hydroxylation is 2. The molecular weight excluding hydrogens is 392 g/mol. The number of benzene rings is 2. The summed E-state index contributed by atoms with van der Waals surface area (Å²) in [5, 5.41) is 7.55. The Balaban J connectivity index is 1.64. The van der Waals surface area contributed by atoms with Crippen LogP contribution in [0.25, 0.3) is 22.4 Å². The van der Waals surface area contributed by atoms with Gasteiger partial charge in [0.2, 0.25) is 5.91 Å². The van der Waals surface area contributed by atoms with E-state index in [0.29, 0.717) is 22.0 Å². The molecule has 2 aromatic carbocycles. The van der Waals surface area contributed by atoms with Gasteiger partial charge in [-0.05, 0) is 49.2 Å². The summed E-state index contributed by atoms with van der Waals surface area (Å²) in [6.45, 7) is 3.79. The highest BCUT2D eigenvalue weighted by Crippen LogP contribution is 2.25. The van der Waals surface area contributed by atoms with Gasteiger partial charge in [0, 0.05) is 16.3 Å². The van der Waals surface area contributed by atoms with Crippen molar-refractivity contribution in [1.82, 2.24) is 14.7 Å². The maximum atomic E-state index is 13.0. The van der Waals surface area contributed by atoms with Crippen LogP contribution in [0, 0.1) is 13.8 Å². The van der Waals surface area contributed by atoms with Crippen LogP contribution in [0.3, 0.4) is 0 Å². The van der Waals surface area contributed by atoms with E-state index < -0.39 is 5.56 Å². The van der Waals surface area contributed by atoms with Gasteiger partial charge in [-0.1, -0.05) is 35.0 Å². The molecule has 0 aliphatic heterocycles. The lowest BCUT2D eigenvalue weighted by Crippen LogP contribution is -2.27. The molecule has 0 spiro atoms. The van der Waals surface area contributed by atoms with Crippen LogP contribution >= 0.6 is 11.6 Å². The minimum atomic E-state index is -0.406. The number of fused-ring (bicyclic) bond motifs is 1. The van der Waals surface area contributed by atoms with E-state index in [1.165, 1.54) is 10.9 Å². The van der Waals surface area contributed by atoms with Crippen molar-refractivity contribution in [2.24, 2.45) is 0 Å². The maximum Gasteiger partial charge on any atom is 0.267 e. The van der Waals surface area contributed by atoms with Crippen LogP contribution in [-0.4, -0.2) is 20.6 Å². The number of amides is 1. The van der Waals surface area contributed by atoms with E-state index >= 15 is 0 Å². The SMILES string of the molecule is Cc1ccc(NC(=O)Cn2cnc3onc(-c4ccc(Cl)cc4)c3c2=O)cc1C. The van der Waals surface area contributed by atoms with E-state index in [2.05, 4.69) is 15.5 Å². The second-order valence-electron chi connectivity index (χ2n) is 6.74. The van der Waals surface area contributed by atoms with Crippen LogP contribution in [0.2, 0.25) is 5.02 Å². The van der Waals surface area contributed by atoms with Gasteiger partial charge in [-0.2, -0.15) is 0 Å². The fourth-order valence-electron chi connectivity index (χ4n) is 2.97. The first-order valence-corrected chi connectivity index (χ1v) is 9.28. The largest absolute Gasteiger partial charge is 0.335 e. The molecule has 0 aliphatic rings. The molecule has 0 fully saturated rings. The summed E-state index contributed by atoms with van der Waals surface area (Å²) in [7, 11) is 0. The Morgan fingerprint density at radius 3 is 2.62 bits per heavy atom. The van der Waals surface area contributed by atoms with Crippen molar-refractivity contribution < 1.29 is 9.32 Å². The Labute approximate surface area is 170 Å². The van der Waals surface area contributed by atoms with Crippen LogP contribution in [0.1, 0.15) is 11.1 Å². The smallest absolute Gasteiger partial charge is 0.267 e. The van der Waals surface area contributed by atoms with Crippen LogP contribution in [0.15, 0.2) is 58.1 Å². The summed E-state index contributed by atoms with van der Waals surface area (Å²) in [6, 6.07) is 12.5. The summed E-state index contributed by atoms with van der Waals surface area (Å²) in [5.41, 5.74) is 3.62. The zero-order valence-corrected chi connectivity index (χ0v) is 16.5. The minimum absolute atomic E-state index is 0.116. The third-order valence-corrected chi connectivity index (χ3v) is 4.94. The van der Waals surface area contributed by atoms with Gasteiger partial charge < -0.3 is 9.84 Å². The summed E-state index contributed by atoms with van der Waals surface area (Å²) in [5.74, 6) is -0.332.